The van der Waals surface area contributed by atoms with E-state index in [4.69, 9.17) is 9.47 Å². The number of nitrogens with one attached hydrogen (secondary N) is 2. The summed E-state index contributed by atoms with van der Waals surface area (Å²) in [7, 11) is 2.01. The maximum atomic E-state index is 12.2. The van der Waals surface area contributed by atoms with Crippen molar-refractivity contribution in [3.05, 3.63) is 59.7 Å². The molecule has 1 heterocycles. The molecule has 0 aliphatic carbocycles. The van der Waals surface area contributed by atoms with Crippen LogP contribution in [0.3, 0.4) is 0 Å². The average Bonchev–Trinajstić information content (AvgIpc) is 3.03. The number of fused-ring (bicyclic) bond motifs is 1. The van der Waals surface area contributed by atoms with Crippen molar-refractivity contribution < 1.29 is 19.2 Å². The first-order chi connectivity index (χ1) is 11.6. The van der Waals surface area contributed by atoms with E-state index in [2.05, 4.69) is 5.32 Å². The van der Waals surface area contributed by atoms with Crippen LogP contribution in [0.25, 0.3) is 0 Å². The number of likely N-dealkylation sites (N-methyl/N-ethyl adjacent to an activating group) is 1. The Bertz CT molecular complexity index is 703. The first-order valence-corrected chi connectivity index (χ1v) is 8.16. The number of carbonyl (C=O) groups is 1. The zero-order valence-electron chi connectivity index (χ0n) is 14.0. The predicted molar refractivity (Wildman–Crippen MR) is 91.0 cm³/mol. The van der Waals surface area contributed by atoms with E-state index in [0.717, 1.165) is 34.1 Å². The van der Waals surface area contributed by atoms with Gasteiger partial charge in [0, 0.05) is 5.56 Å². The molecule has 0 saturated heterocycles. The fraction of sp³-hybridized carbons (Fsp3) is 0.316. The number of hydrogen-bond donors (Lipinski definition) is 2. The Labute approximate surface area is 142 Å². The minimum absolute atomic E-state index is 0.0112. The molecule has 3 rings (SSSR count). The van der Waals surface area contributed by atoms with Gasteiger partial charge < -0.3 is 19.7 Å². The molecule has 1 aliphatic rings. The number of hydrogen-bond acceptors (Lipinski definition) is 3. The normalized spacial score (nSPS) is 14.9. The average molecular weight is 327 g/mol. The standard InChI is InChI=1S/C19H22N2O3/c1-14(16-6-4-3-5-7-16)20-19(22)12-21(2)11-15-8-9-17-18(10-15)24-13-23-17/h3-10,14H,11-13H2,1-2H3,(H,20,22)/p+1/t14-/m1/s1. The molecular weight excluding hydrogens is 304 g/mol. The quantitative estimate of drug-likeness (QED) is 0.841. The molecule has 0 saturated carbocycles. The number of ether oxygens (including phenoxy) is 2. The summed E-state index contributed by atoms with van der Waals surface area (Å²) in [6.07, 6.45) is 0. The van der Waals surface area contributed by atoms with Crippen LogP contribution in [0, 0.1) is 0 Å². The highest BCUT2D eigenvalue weighted by Gasteiger charge is 2.17. The van der Waals surface area contributed by atoms with Gasteiger partial charge in [-0.3, -0.25) is 4.79 Å². The van der Waals surface area contributed by atoms with Crippen LogP contribution in [0.2, 0.25) is 0 Å². The van der Waals surface area contributed by atoms with Gasteiger partial charge in [-0.2, -0.15) is 0 Å². The molecule has 1 unspecified atom stereocenters. The highest BCUT2D eigenvalue weighted by atomic mass is 16.7. The third-order valence-electron chi connectivity index (χ3n) is 4.08. The van der Waals surface area contributed by atoms with Crippen LogP contribution < -0.4 is 19.7 Å². The van der Waals surface area contributed by atoms with E-state index in [-0.39, 0.29) is 18.7 Å². The molecule has 0 spiro atoms. The summed E-state index contributed by atoms with van der Waals surface area (Å²) in [5, 5.41) is 3.05. The second-order valence-corrected chi connectivity index (χ2v) is 6.20. The zero-order chi connectivity index (χ0) is 16.9. The molecule has 0 fully saturated rings. The molecule has 5 nitrogen and oxygen atoms in total. The van der Waals surface area contributed by atoms with E-state index in [1.165, 1.54) is 0 Å². The number of rotatable bonds is 6. The summed E-state index contributed by atoms with van der Waals surface area (Å²) in [5.41, 5.74) is 2.24. The Morgan fingerprint density at radius 2 is 1.92 bits per heavy atom. The number of benzene rings is 2. The van der Waals surface area contributed by atoms with Gasteiger partial charge in [0.05, 0.1) is 13.1 Å². The summed E-state index contributed by atoms with van der Waals surface area (Å²) < 4.78 is 10.7. The summed E-state index contributed by atoms with van der Waals surface area (Å²) in [5.74, 6) is 1.61. The van der Waals surface area contributed by atoms with E-state index in [9.17, 15) is 4.79 Å². The first-order valence-electron chi connectivity index (χ1n) is 8.16. The molecule has 24 heavy (non-hydrogen) atoms. The van der Waals surface area contributed by atoms with Crippen molar-refractivity contribution in [2.75, 3.05) is 20.4 Å². The largest absolute Gasteiger partial charge is 0.454 e. The predicted octanol–water partition coefficient (Wildman–Crippen LogP) is 1.31. The fourth-order valence-electron chi connectivity index (χ4n) is 2.85. The molecule has 126 valence electrons. The molecule has 2 aromatic carbocycles. The first kappa shape index (κ1) is 16.3. The lowest BCUT2D eigenvalue weighted by Gasteiger charge is -2.17. The lowest BCUT2D eigenvalue weighted by molar-refractivity contribution is -0.885. The third kappa shape index (κ3) is 4.06. The highest BCUT2D eigenvalue weighted by molar-refractivity contribution is 5.77. The minimum atomic E-state index is 0.0112. The molecule has 1 amide bonds. The van der Waals surface area contributed by atoms with E-state index < -0.39 is 0 Å². The van der Waals surface area contributed by atoms with Crippen LogP contribution in [0.5, 0.6) is 11.5 Å². The van der Waals surface area contributed by atoms with Gasteiger partial charge in [0.1, 0.15) is 6.54 Å². The van der Waals surface area contributed by atoms with Gasteiger partial charge in [0.15, 0.2) is 18.0 Å². The molecular formula is C19H23N2O3+. The van der Waals surface area contributed by atoms with Gasteiger partial charge in [-0.05, 0) is 30.7 Å². The maximum Gasteiger partial charge on any atom is 0.275 e. The van der Waals surface area contributed by atoms with E-state index in [1.54, 1.807) is 0 Å². The fourth-order valence-corrected chi connectivity index (χ4v) is 2.85. The molecule has 5 heteroatoms. The zero-order valence-corrected chi connectivity index (χ0v) is 14.0. The smallest absolute Gasteiger partial charge is 0.275 e. The molecule has 0 radical (unpaired) electrons. The number of quaternary nitrogens is 1. The van der Waals surface area contributed by atoms with Crippen molar-refractivity contribution in [1.29, 1.82) is 0 Å². The molecule has 2 N–H and O–H groups in total. The number of carbonyl (C=O) groups excluding carboxylic acids is 1. The Morgan fingerprint density at radius 3 is 2.71 bits per heavy atom. The van der Waals surface area contributed by atoms with Crippen LogP contribution in [-0.4, -0.2) is 26.3 Å². The van der Waals surface area contributed by atoms with Crippen molar-refractivity contribution in [3.8, 4) is 11.5 Å². The topological polar surface area (TPSA) is 52.0 Å². The maximum absolute atomic E-state index is 12.2. The van der Waals surface area contributed by atoms with Crippen LogP contribution >= 0.6 is 0 Å². The van der Waals surface area contributed by atoms with Crippen molar-refractivity contribution in [3.63, 3.8) is 0 Å². The SMILES string of the molecule is C[C@@H](NC(=O)C[NH+](C)Cc1ccc2c(c1)OCO2)c1ccccc1. The Morgan fingerprint density at radius 1 is 1.17 bits per heavy atom. The molecule has 2 atom stereocenters. The van der Waals surface area contributed by atoms with Gasteiger partial charge in [0.2, 0.25) is 6.79 Å². The summed E-state index contributed by atoms with van der Waals surface area (Å²) in [4.78, 5) is 13.4. The third-order valence-corrected chi connectivity index (χ3v) is 4.08. The lowest BCUT2D eigenvalue weighted by Crippen LogP contribution is -3.08. The molecule has 0 aromatic heterocycles. The summed E-state index contributed by atoms with van der Waals surface area (Å²) in [6.45, 7) is 3.46. The van der Waals surface area contributed by atoms with E-state index in [0.29, 0.717) is 6.54 Å². The minimum Gasteiger partial charge on any atom is -0.454 e. The summed E-state index contributed by atoms with van der Waals surface area (Å²) >= 11 is 0. The lowest BCUT2D eigenvalue weighted by atomic mass is 10.1. The number of amides is 1. The molecule has 1 aliphatic heterocycles. The molecule has 0 bridgehead atoms. The van der Waals surface area contributed by atoms with Gasteiger partial charge >= 0.3 is 0 Å². The van der Waals surface area contributed by atoms with E-state index >= 15 is 0 Å². The van der Waals surface area contributed by atoms with Gasteiger partial charge in [-0.15, -0.1) is 0 Å². The highest BCUT2D eigenvalue weighted by Crippen LogP contribution is 2.32. The Hall–Kier alpha value is -2.53. The van der Waals surface area contributed by atoms with Crippen LogP contribution in [0.4, 0.5) is 0 Å². The van der Waals surface area contributed by atoms with Crippen molar-refractivity contribution in [2.24, 2.45) is 0 Å². The Kier molecular flexibility index (Phi) is 5.01. The monoisotopic (exact) mass is 327 g/mol. The van der Waals surface area contributed by atoms with Crippen LogP contribution in [0.15, 0.2) is 48.5 Å². The second-order valence-electron chi connectivity index (χ2n) is 6.20. The van der Waals surface area contributed by atoms with Crippen LogP contribution in [-0.2, 0) is 11.3 Å². The Balaban J connectivity index is 1.51. The molecule has 2 aromatic rings. The van der Waals surface area contributed by atoms with Gasteiger partial charge in [0.25, 0.3) is 5.91 Å². The van der Waals surface area contributed by atoms with Gasteiger partial charge in [-0.1, -0.05) is 30.3 Å². The second kappa shape index (κ2) is 7.36. The van der Waals surface area contributed by atoms with Crippen molar-refractivity contribution in [2.45, 2.75) is 19.5 Å². The summed E-state index contributed by atoms with van der Waals surface area (Å²) in [6, 6.07) is 15.9. The van der Waals surface area contributed by atoms with Crippen LogP contribution in [0.1, 0.15) is 24.1 Å². The van der Waals surface area contributed by atoms with Gasteiger partial charge in [-0.25, -0.2) is 0 Å². The van der Waals surface area contributed by atoms with Crippen molar-refractivity contribution >= 4 is 5.91 Å². The van der Waals surface area contributed by atoms with E-state index in [1.807, 2.05) is 62.5 Å². The van der Waals surface area contributed by atoms with Crippen molar-refractivity contribution in [1.82, 2.24) is 5.32 Å².